The SMILES string of the molecule is O=C(Nc1cccc(OCc2ccccn2)c1)c1[nH]c2ccccc2c1Cl. The van der Waals surface area contributed by atoms with E-state index in [4.69, 9.17) is 16.3 Å². The highest BCUT2D eigenvalue weighted by atomic mass is 35.5. The Morgan fingerprint density at radius 1 is 1.07 bits per heavy atom. The number of hydrogen-bond acceptors (Lipinski definition) is 3. The van der Waals surface area contributed by atoms with Crippen molar-refractivity contribution in [2.45, 2.75) is 6.61 Å². The van der Waals surface area contributed by atoms with Gasteiger partial charge in [-0.05, 0) is 30.3 Å². The Bertz CT molecular complexity index is 1090. The molecule has 4 aromatic rings. The number of hydrogen-bond donors (Lipinski definition) is 2. The molecule has 0 atom stereocenters. The second kappa shape index (κ2) is 7.51. The number of anilines is 1. The molecular weight excluding hydrogens is 362 g/mol. The third kappa shape index (κ3) is 3.78. The lowest BCUT2D eigenvalue weighted by Crippen LogP contribution is -2.12. The molecule has 0 bridgehead atoms. The van der Waals surface area contributed by atoms with Crippen LogP contribution < -0.4 is 10.1 Å². The van der Waals surface area contributed by atoms with E-state index < -0.39 is 0 Å². The first kappa shape index (κ1) is 17.1. The summed E-state index contributed by atoms with van der Waals surface area (Å²) in [4.78, 5) is 19.9. The van der Waals surface area contributed by atoms with Crippen LogP contribution in [0.2, 0.25) is 5.02 Å². The van der Waals surface area contributed by atoms with Crippen LogP contribution in [-0.4, -0.2) is 15.9 Å². The van der Waals surface area contributed by atoms with Crippen molar-refractivity contribution in [2.75, 3.05) is 5.32 Å². The number of H-pyrrole nitrogens is 1. The predicted molar refractivity (Wildman–Crippen MR) is 106 cm³/mol. The molecule has 0 saturated heterocycles. The number of para-hydroxylation sites is 1. The lowest BCUT2D eigenvalue weighted by molar-refractivity contribution is 0.102. The van der Waals surface area contributed by atoms with Gasteiger partial charge in [-0.2, -0.15) is 0 Å². The molecule has 0 radical (unpaired) electrons. The number of rotatable bonds is 5. The highest BCUT2D eigenvalue weighted by Crippen LogP contribution is 2.28. The number of aromatic amines is 1. The maximum atomic E-state index is 12.6. The fourth-order valence-electron chi connectivity index (χ4n) is 2.76. The smallest absolute Gasteiger partial charge is 0.273 e. The summed E-state index contributed by atoms with van der Waals surface area (Å²) in [6.45, 7) is 0.353. The number of fused-ring (bicyclic) bond motifs is 1. The summed E-state index contributed by atoms with van der Waals surface area (Å²) in [5.74, 6) is 0.333. The Morgan fingerprint density at radius 3 is 2.74 bits per heavy atom. The van der Waals surface area contributed by atoms with E-state index in [-0.39, 0.29) is 5.91 Å². The third-order valence-corrected chi connectivity index (χ3v) is 4.47. The second-order valence-electron chi connectivity index (χ2n) is 5.95. The Hall–Kier alpha value is -3.31. The van der Waals surface area contributed by atoms with Gasteiger partial charge in [0, 0.05) is 28.9 Å². The maximum absolute atomic E-state index is 12.6. The van der Waals surface area contributed by atoms with Gasteiger partial charge < -0.3 is 15.0 Å². The van der Waals surface area contributed by atoms with Gasteiger partial charge in [0.15, 0.2) is 0 Å². The van der Waals surface area contributed by atoms with E-state index in [0.717, 1.165) is 16.6 Å². The number of pyridine rings is 1. The summed E-state index contributed by atoms with van der Waals surface area (Å²) >= 11 is 6.34. The number of halogens is 1. The molecule has 5 nitrogen and oxygen atoms in total. The van der Waals surface area contributed by atoms with Gasteiger partial charge in [-0.3, -0.25) is 9.78 Å². The Balaban J connectivity index is 1.48. The van der Waals surface area contributed by atoms with Crippen molar-refractivity contribution in [1.82, 2.24) is 9.97 Å². The number of amides is 1. The minimum absolute atomic E-state index is 0.307. The molecule has 134 valence electrons. The van der Waals surface area contributed by atoms with Crippen LogP contribution in [0.3, 0.4) is 0 Å². The van der Waals surface area contributed by atoms with Crippen LogP contribution in [0.5, 0.6) is 5.75 Å². The summed E-state index contributed by atoms with van der Waals surface area (Å²) in [7, 11) is 0. The molecule has 0 unspecified atom stereocenters. The summed E-state index contributed by atoms with van der Waals surface area (Å²) in [5, 5.41) is 4.07. The Morgan fingerprint density at radius 2 is 1.93 bits per heavy atom. The first-order valence-corrected chi connectivity index (χ1v) is 8.79. The van der Waals surface area contributed by atoms with Gasteiger partial charge in [-0.15, -0.1) is 0 Å². The fourth-order valence-corrected chi connectivity index (χ4v) is 3.06. The molecule has 0 spiro atoms. The summed E-state index contributed by atoms with van der Waals surface area (Å²) in [6.07, 6.45) is 1.72. The fraction of sp³-hybridized carbons (Fsp3) is 0.0476. The number of nitrogens with one attached hydrogen (secondary N) is 2. The number of carbonyl (C=O) groups excluding carboxylic acids is 1. The molecule has 27 heavy (non-hydrogen) atoms. The third-order valence-electron chi connectivity index (χ3n) is 4.07. The monoisotopic (exact) mass is 377 g/mol. The molecule has 4 rings (SSSR count). The molecule has 1 amide bonds. The van der Waals surface area contributed by atoms with Crippen LogP contribution in [0.1, 0.15) is 16.2 Å². The van der Waals surface area contributed by atoms with Crippen LogP contribution in [0.4, 0.5) is 5.69 Å². The van der Waals surface area contributed by atoms with Crippen molar-refractivity contribution in [2.24, 2.45) is 0 Å². The zero-order valence-corrected chi connectivity index (χ0v) is 15.0. The first-order valence-electron chi connectivity index (χ1n) is 8.41. The van der Waals surface area contributed by atoms with E-state index in [1.54, 1.807) is 18.3 Å². The van der Waals surface area contributed by atoms with Crippen molar-refractivity contribution in [3.63, 3.8) is 0 Å². The molecule has 6 heteroatoms. The first-order chi connectivity index (χ1) is 13.2. The number of aromatic nitrogens is 2. The Labute approximate surface area is 161 Å². The average molecular weight is 378 g/mol. The number of benzene rings is 2. The van der Waals surface area contributed by atoms with Crippen molar-refractivity contribution < 1.29 is 9.53 Å². The van der Waals surface area contributed by atoms with E-state index in [9.17, 15) is 4.79 Å². The van der Waals surface area contributed by atoms with E-state index in [1.807, 2.05) is 54.6 Å². The summed E-state index contributed by atoms with van der Waals surface area (Å²) in [6, 6.07) is 20.4. The van der Waals surface area contributed by atoms with E-state index >= 15 is 0 Å². The molecule has 0 aliphatic heterocycles. The molecule has 2 heterocycles. The zero-order valence-electron chi connectivity index (χ0n) is 14.3. The van der Waals surface area contributed by atoms with E-state index in [2.05, 4.69) is 15.3 Å². The van der Waals surface area contributed by atoms with Crippen molar-refractivity contribution in [1.29, 1.82) is 0 Å². The predicted octanol–water partition coefficient (Wildman–Crippen LogP) is 5.05. The minimum atomic E-state index is -0.307. The number of ether oxygens (including phenoxy) is 1. The summed E-state index contributed by atoms with van der Waals surface area (Å²) < 4.78 is 5.74. The molecular formula is C21H16ClN3O2. The van der Waals surface area contributed by atoms with Crippen LogP contribution in [0.15, 0.2) is 72.9 Å². The molecule has 2 aromatic carbocycles. The number of carbonyl (C=O) groups is 1. The average Bonchev–Trinajstić information content (AvgIpc) is 3.05. The van der Waals surface area contributed by atoms with Gasteiger partial charge in [0.2, 0.25) is 0 Å². The largest absolute Gasteiger partial charge is 0.487 e. The molecule has 0 aliphatic carbocycles. The normalized spacial score (nSPS) is 10.7. The molecule has 2 aromatic heterocycles. The van der Waals surface area contributed by atoms with Gasteiger partial charge in [0.05, 0.1) is 10.7 Å². The van der Waals surface area contributed by atoms with Gasteiger partial charge in [0.25, 0.3) is 5.91 Å². The topological polar surface area (TPSA) is 67.0 Å². The van der Waals surface area contributed by atoms with Crippen LogP contribution in [0, 0.1) is 0 Å². The number of nitrogens with zero attached hydrogens (tertiary/aromatic N) is 1. The van der Waals surface area contributed by atoms with E-state index in [0.29, 0.717) is 28.8 Å². The molecule has 0 fully saturated rings. The zero-order chi connectivity index (χ0) is 18.6. The van der Waals surface area contributed by atoms with Crippen molar-refractivity contribution in [3.8, 4) is 5.75 Å². The van der Waals surface area contributed by atoms with Gasteiger partial charge in [-0.1, -0.05) is 41.9 Å². The van der Waals surface area contributed by atoms with Crippen molar-refractivity contribution >= 4 is 34.1 Å². The van der Waals surface area contributed by atoms with Gasteiger partial charge >= 0.3 is 0 Å². The van der Waals surface area contributed by atoms with E-state index in [1.165, 1.54) is 0 Å². The molecule has 0 aliphatic rings. The lowest BCUT2D eigenvalue weighted by Gasteiger charge is -2.09. The summed E-state index contributed by atoms with van der Waals surface area (Å²) in [5.41, 5.74) is 2.60. The van der Waals surface area contributed by atoms with Crippen LogP contribution in [0.25, 0.3) is 10.9 Å². The lowest BCUT2D eigenvalue weighted by atomic mass is 10.2. The van der Waals surface area contributed by atoms with Crippen molar-refractivity contribution in [3.05, 3.63) is 89.3 Å². The Kier molecular flexibility index (Phi) is 4.77. The highest BCUT2D eigenvalue weighted by molar-refractivity contribution is 6.39. The minimum Gasteiger partial charge on any atom is -0.487 e. The van der Waals surface area contributed by atoms with Crippen LogP contribution in [-0.2, 0) is 6.61 Å². The van der Waals surface area contributed by atoms with Gasteiger partial charge in [0.1, 0.15) is 18.1 Å². The highest BCUT2D eigenvalue weighted by Gasteiger charge is 2.16. The second-order valence-corrected chi connectivity index (χ2v) is 6.33. The quantitative estimate of drug-likeness (QED) is 0.511. The standard InChI is InChI=1S/C21H16ClN3O2/c22-19-17-9-1-2-10-18(17)25-20(19)21(26)24-14-7-5-8-16(12-14)27-13-15-6-3-4-11-23-15/h1-12,25H,13H2,(H,24,26). The molecule has 0 saturated carbocycles. The maximum Gasteiger partial charge on any atom is 0.273 e. The van der Waals surface area contributed by atoms with Crippen LogP contribution >= 0.6 is 11.6 Å². The van der Waals surface area contributed by atoms with Gasteiger partial charge in [-0.25, -0.2) is 0 Å². The molecule has 2 N–H and O–H groups in total.